The number of hydrogen-bond acceptors (Lipinski definition) is 4. The summed E-state index contributed by atoms with van der Waals surface area (Å²) in [7, 11) is 0. The highest BCUT2D eigenvalue weighted by Gasteiger charge is 2.29. The lowest BCUT2D eigenvalue weighted by atomic mass is 9.98. The topological polar surface area (TPSA) is 74.3 Å². The molecule has 6 nitrogen and oxygen atoms in total. The van der Waals surface area contributed by atoms with Gasteiger partial charge in [0.1, 0.15) is 5.82 Å². The molecule has 2 aliphatic rings. The van der Waals surface area contributed by atoms with Crippen molar-refractivity contribution in [1.82, 2.24) is 15.2 Å². The standard InChI is InChI=1S/C21H25FN4O2S/c22-16-3-5-17(6-4-16)25-21(28)26-11-8-15(9-12-26)20-24-18(13-29-20)7-10-23-19(27)14-1-2-14/h3-6,13-15H,1-2,7-12H2,(H,23,27)(H,25,28). The molecule has 2 aromatic rings. The number of benzene rings is 1. The van der Waals surface area contributed by atoms with Crippen molar-refractivity contribution in [3.63, 3.8) is 0 Å². The summed E-state index contributed by atoms with van der Waals surface area (Å²) in [6.07, 6.45) is 4.55. The second-order valence-electron chi connectivity index (χ2n) is 7.69. The molecule has 1 saturated carbocycles. The van der Waals surface area contributed by atoms with E-state index >= 15 is 0 Å². The first-order valence-corrected chi connectivity index (χ1v) is 11.0. The molecule has 2 fully saturated rings. The highest BCUT2D eigenvalue weighted by molar-refractivity contribution is 7.09. The minimum atomic E-state index is -0.322. The Morgan fingerprint density at radius 3 is 2.55 bits per heavy atom. The van der Waals surface area contributed by atoms with E-state index < -0.39 is 0 Å². The Hall–Kier alpha value is -2.48. The SMILES string of the molecule is O=C(NCCc1csc(C2CCN(C(=O)Nc3ccc(F)cc3)CC2)n1)C1CC1. The molecule has 4 rings (SSSR count). The number of halogens is 1. The number of carbonyl (C=O) groups is 2. The number of urea groups is 1. The summed E-state index contributed by atoms with van der Waals surface area (Å²) in [4.78, 5) is 30.6. The number of nitrogens with one attached hydrogen (secondary N) is 2. The smallest absolute Gasteiger partial charge is 0.321 e. The van der Waals surface area contributed by atoms with Crippen LogP contribution in [0.3, 0.4) is 0 Å². The highest BCUT2D eigenvalue weighted by Crippen LogP contribution is 2.31. The molecule has 1 aromatic heterocycles. The number of thiazole rings is 1. The summed E-state index contributed by atoms with van der Waals surface area (Å²) in [6, 6.07) is 5.63. The maximum Gasteiger partial charge on any atom is 0.321 e. The number of anilines is 1. The van der Waals surface area contributed by atoms with Crippen LogP contribution in [0.15, 0.2) is 29.6 Å². The molecule has 1 aromatic carbocycles. The van der Waals surface area contributed by atoms with Crippen LogP contribution in [0.25, 0.3) is 0 Å². The first-order valence-electron chi connectivity index (χ1n) is 10.1. The van der Waals surface area contributed by atoms with Crippen LogP contribution in [-0.2, 0) is 11.2 Å². The summed E-state index contributed by atoms with van der Waals surface area (Å²) in [6.45, 7) is 1.98. The van der Waals surface area contributed by atoms with Gasteiger partial charge in [0.2, 0.25) is 5.91 Å². The van der Waals surface area contributed by atoms with Gasteiger partial charge in [0, 0.05) is 49.0 Å². The number of nitrogens with zero attached hydrogens (tertiary/aromatic N) is 2. The summed E-state index contributed by atoms with van der Waals surface area (Å²) in [5.41, 5.74) is 1.62. The first-order chi connectivity index (χ1) is 14.1. The fraction of sp³-hybridized carbons (Fsp3) is 0.476. The number of aromatic nitrogens is 1. The molecule has 0 unspecified atom stereocenters. The fourth-order valence-electron chi connectivity index (χ4n) is 3.49. The van der Waals surface area contributed by atoms with E-state index in [1.54, 1.807) is 28.4 Å². The van der Waals surface area contributed by atoms with E-state index in [2.05, 4.69) is 16.0 Å². The molecule has 0 spiro atoms. The van der Waals surface area contributed by atoms with E-state index in [4.69, 9.17) is 4.98 Å². The molecule has 0 atom stereocenters. The van der Waals surface area contributed by atoms with Crippen LogP contribution in [0, 0.1) is 11.7 Å². The lowest BCUT2D eigenvalue weighted by Gasteiger charge is -2.31. The number of likely N-dealkylation sites (tertiary alicyclic amines) is 1. The molecule has 8 heteroatoms. The molecular formula is C21H25FN4O2S. The van der Waals surface area contributed by atoms with Gasteiger partial charge in [-0.3, -0.25) is 4.79 Å². The zero-order valence-electron chi connectivity index (χ0n) is 16.2. The lowest BCUT2D eigenvalue weighted by molar-refractivity contribution is -0.122. The molecule has 2 heterocycles. The summed E-state index contributed by atoms with van der Waals surface area (Å²) < 4.78 is 13.0. The van der Waals surface area contributed by atoms with Crippen molar-refractivity contribution in [1.29, 1.82) is 0 Å². The third-order valence-corrected chi connectivity index (χ3v) is 6.48. The van der Waals surface area contributed by atoms with Gasteiger partial charge in [-0.05, 0) is 49.9 Å². The Morgan fingerprint density at radius 1 is 1.14 bits per heavy atom. The second kappa shape index (κ2) is 8.90. The lowest BCUT2D eigenvalue weighted by Crippen LogP contribution is -2.40. The van der Waals surface area contributed by atoms with Crippen LogP contribution >= 0.6 is 11.3 Å². The molecule has 29 heavy (non-hydrogen) atoms. The fourth-order valence-corrected chi connectivity index (χ4v) is 4.52. The van der Waals surface area contributed by atoms with E-state index in [1.165, 1.54) is 12.1 Å². The van der Waals surface area contributed by atoms with Gasteiger partial charge in [0.25, 0.3) is 0 Å². The van der Waals surface area contributed by atoms with Crippen LogP contribution in [0.1, 0.15) is 42.3 Å². The maximum absolute atomic E-state index is 13.0. The predicted molar refractivity (Wildman–Crippen MR) is 111 cm³/mol. The van der Waals surface area contributed by atoms with Crippen molar-refractivity contribution in [3.05, 3.63) is 46.2 Å². The predicted octanol–water partition coefficient (Wildman–Crippen LogP) is 3.76. The Bertz CT molecular complexity index is 858. The quantitative estimate of drug-likeness (QED) is 0.753. The van der Waals surface area contributed by atoms with E-state index in [1.807, 2.05) is 0 Å². The van der Waals surface area contributed by atoms with E-state index in [-0.39, 0.29) is 23.7 Å². The zero-order chi connectivity index (χ0) is 20.2. The molecule has 1 saturated heterocycles. The first kappa shape index (κ1) is 19.8. The van der Waals surface area contributed by atoms with Gasteiger partial charge in [0.15, 0.2) is 0 Å². The van der Waals surface area contributed by atoms with Crippen molar-refractivity contribution < 1.29 is 14.0 Å². The van der Waals surface area contributed by atoms with Crippen LogP contribution in [0.4, 0.5) is 14.9 Å². The molecule has 1 aliphatic carbocycles. The van der Waals surface area contributed by atoms with Crippen molar-refractivity contribution in [3.8, 4) is 0 Å². The number of amides is 3. The number of rotatable bonds is 6. The third-order valence-electron chi connectivity index (χ3n) is 5.42. The van der Waals surface area contributed by atoms with Crippen LogP contribution in [0.2, 0.25) is 0 Å². The normalized spacial score (nSPS) is 17.2. The zero-order valence-corrected chi connectivity index (χ0v) is 17.0. The van der Waals surface area contributed by atoms with E-state index in [0.29, 0.717) is 31.2 Å². The Kier molecular flexibility index (Phi) is 6.08. The van der Waals surface area contributed by atoms with Crippen LogP contribution in [0.5, 0.6) is 0 Å². The van der Waals surface area contributed by atoms with Crippen LogP contribution in [-0.4, -0.2) is 41.5 Å². The number of carbonyl (C=O) groups excluding carboxylic acids is 2. The average molecular weight is 417 g/mol. The Labute approximate surface area is 173 Å². The summed E-state index contributed by atoms with van der Waals surface area (Å²) in [5, 5.41) is 8.99. The monoisotopic (exact) mass is 416 g/mol. The number of hydrogen-bond donors (Lipinski definition) is 2. The molecule has 2 N–H and O–H groups in total. The molecule has 154 valence electrons. The second-order valence-corrected chi connectivity index (χ2v) is 8.58. The van der Waals surface area contributed by atoms with Gasteiger partial charge < -0.3 is 15.5 Å². The van der Waals surface area contributed by atoms with Crippen molar-refractivity contribution in [2.24, 2.45) is 5.92 Å². The van der Waals surface area contributed by atoms with Gasteiger partial charge in [0.05, 0.1) is 10.7 Å². The van der Waals surface area contributed by atoms with Gasteiger partial charge in [-0.15, -0.1) is 11.3 Å². The van der Waals surface area contributed by atoms with Crippen molar-refractivity contribution in [2.75, 3.05) is 25.0 Å². The Morgan fingerprint density at radius 2 is 1.86 bits per heavy atom. The van der Waals surface area contributed by atoms with Gasteiger partial charge in [-0.25, -0.2) is 14.2 Å². The number of piperidine rings is 1. The average Bonchev–Trinajstić information content (AvgIpc) is 3.48. The van der Waals surface area contributed by atoms with Crippen molar-refractivity contribution >= 4 is 29.0 Å². The largest absolute Gasteiger partial charge is 0.355 e. The minimum absolute atomic E-state index is 0.152. The van der Waals surface area contributed by atoms with Gasteiger partial charge >= 0.3 is 6.03 Å². The molecule has 3 amide bonds. The van der Waals surface area contributed by atoms with Crippen LogP contribution < -0.4 is 10.6 Å². The summed E-state index contributed by atoms with van der Waals surface area (Å²) in [5.74, 6) is 0.458. The highest BCUT2D eigenvalue weighted by atomic mass is 32.1. The van der Waals surface area contributed by atoms with Gasteiger partial charge in [-0.1, -0.05) is 0 Å². The maximum atomic E-state index is 13.0. The van der Waals surface area contributed by atoms with Gasteiger partial charge in [-0.2, -0.15) is 0 Å². The van der Waals surface area contributed by atoms with Crippen molar-refractivity contribution in [2.45, 2.75) is 38.0 Å². The molecular weight excluding hydrogens is 391 g/mol. The third kappa shape index (κ3) is 5.32. The molecule has 0 radical (unpaired) electrons. The minimum Gasteiger partial charge on any atom is -0.355 e. The summed E-state index contributed by atoms with van der Waals surface area (Å²) >= 11 is 1.67. The Balaban J connectivity index is 1.22. The van der Waals surface area contributed by atoms with E-state index in [0.717, 1.165) is 42.8 Å². The van der Waals surface area contributed by atoms with E-state index in [9.17, 15) is 14.0 Å². The molecule has 1 aliphatic heterocycles. The molecule has 0 bridgehead atoms.